The molecule has 4 nitrogen and oxygen atoms in total. The monoisotopic (exact) mass is 187 g/mol. The Balaban J connectivity index is 2.88. The first-order valence-corrected chi connectivity index (χ1v) is 4.44. The second-order valence-electron chi connectivity index (χ2n) is 2.89. The number of anilines is 1. The van der Waals surface area contributed by atoms with Gasteiger partial charge >= 0.3 is 0 Å². The van der Waals surface area contributed by atoms with Crippen molar-refractivity contribution in [1.82, 2.24) is 9.36 Å². The minimum Gasteiger partial charge on any atom is -0.371 e. The van der Waals surface area contributed by atoms with Crippen molar-refractivity contribution in [2.45, 2.75) is 19.4 Å². The van der Waals surface area contributed by atoms with E-state index in [1.54, 1.807) is 7.11 Å². The third-order valence-corrected chi connectivity index (χ3v) is 2.42. The number of ether oxygens (including phenoxy) is 1. The molecule has 0 aliphatic carbocycles. The van der Waals surface area contributed by atoms with Crippen LogP contribution in [0.4, 0.5) is 5.13 Å². The largest absolute Gasteiger partial charge is 0.371 e. The second kappa shape index (κ2) is 3.37. The van der Waals surface area contributed by atoms with E-state index in [0.717, 1.165) is 11.0 Å². The van der Waals surface area contributed by atoms with Gasteiger partial charge in [-0.1, -0.05) is 0 Å². The van der Waals surface area contributed by atoms with Crippen LogP contribution in [0.5, 0.6) is 0 Å². The van der Waals surface area contributed by atoms with Crippen LogP contribution in [0.1, 0.15) is 19.7 Å². The molecule has 0 saturated carbocycles. The van der Waals surface area contributed by atoms with Crippen molar-refractivity contribution >= 4 is 16.7 Å². The van der Waals surface area contributed by atoms with Gasteiger partial charge < -0.3 is 10.1 Å². The highest BCUT2D eigenvalue weighted by Gasteiger charge is 2.24. The van der Waals surface area contributed by atoms with E-state index in [9.17, 15) is 0 Å². The summed E-state index contributed by atoms with van der Waals surface area (Å²) in [6.45, 7) is 3.88. The van der Waals surface area contributed by atoms with Crippen LogP contribution in [0.25, 0.3) is 0 Å². The van der Waals surface area contributed by atoms with Crippen molar-refractivity contribution in [3.63, 3.8) is 0 Å². The zero-order valence-corrected chi connectivity index (χ0v) is 8.53. The number of methoxy groups -OCH3 is 1. The number of hydrogen-bond acceptors (Lipinski definition) is 5. The van der Waals surface area contributed by atoms with Crippen LogP contribution >= 0.6 is 11.5 Å². The van der Waals surface area contributed by atoms with E-state index < -0.39 is 5.60 Å². The summed E-state index contributed by atoms with van der Waals surface area (Å²) < 4.78 is 9.41. The summed E-state index contributed by atoms with van der Waals surface area (Å²) in [5, 5.41) is 3.75. The first-order valence-electron chi connectivity index (χ1n) is 3.67. The van der Waals surface area contributed by atoms with Gasteiger partial charge in [-0.05, 0) is 13.8 Å². The van der Waals surface area contributed by atoms with Gasteiger partial charge in [0.15, 0.2) is 5.82 Å². The van der Waals surface area contributed by atoms with Crippen molar-refractivity contribution in [3.05, 3.63) is 5.82 Å². The molecule has 0 atom stereocenters. The first-order chi connectivity index (χ1) is 5.60. The fourth-order valence-electron chi connectivity index (χ4n) is 0.661. The molecular formula is C7H13N3OS. The Hall–Kier alpha value is -0.680. The minimum atomic E-state index is -0.397. The zero-order valence-electron chi connectivity index (χ0n) is 7.71. The summed E-state index contributed by atoms with van der Waals surface area (Å²) >= 11 is 1.34. The maximum absolute atomic E-state index is 5.24. The molecule has 0 spiro atoms. The summed E-state index contributed by atoms with van der Waals surface area (Å²) in [6, 6.07) is 0. The second-order valence-corrected chi connectivity index (χ2v) is 3.64. The molecule has 1 N–H and O–H groups in total. The molecule has 0 aliphatic rings. The van der Waals surface area contributed by atoms with Gasteiger partial charge in [0.1, 0.15) is 5.60 Å². The molecule has 0 unspecified atom stereocenters. The lowest BCUT2D eigenvalue weighted by molar-refractivity contribution is 0.0126. The van der Waals surface area contributed by atoms with Crippen molar-refractivity contribution in [2.24, 2.45) is 0 Å². The molecule has 1 heterocycles. The smallest absolute Gasteiger partial charge is 0.202 e. The molecule has 0 amide bonds. The van der Waals surface area contributed by atoms with Gasteiger partial charge in [0.2, 0.25) is 5.13 Å². The number of aromatic nitrogens is 2. The molecule has 0 saturated heterocycles. The zero-order chi connectivity index (χ0) is 9.19. The van der Waals surface area contributed by atoms with E-state index in [1.165, 1.54) is 11.5 Å². The highest BCUT2D eigenvalue weighted by Crippen LogP contribution is 2.23. The van der Waals surface area contributed by atoms with Crippen molar-refractivity contribution in [3.8, 4) is 0 Å². The van der Waals surface area contributed by atoms with Gasteiger partial charge in [0, 0.05) is 25.7 Å². The molecule has 0 aliphatic heterocycles. The first kappa shape index (κ1) is 9.41. The quantitative estimate of drug-likeness (QED) is 0.778. The molecule has 1 aromatic rings. The Morgan fingerprint density at radius 1 is 1.50 bits per heavy atom. The fraction of sp³-hybridized carbons (Fsp3) is 0.714. The Morgan fingerprint density at radius 3 is 2.58 bits per heavy atom. The molecule has 0 bridgehead atoms. The third kappa shape index (κ3) is 1.73. The van der Waals surface area contributed by atoms with Crippen LogP contribution in [-0.4, -0.2) is 23.5 Å². The number of nitrogens with one attached hydrogen (secondary N) is 1. The molecule has 1 rings (SSSR count). The summed E-state index contributed by atoms with van der Waals surface area (Å²) in [4.78, 5) is 4.24. The summed E-state index contributed by atoms with van der Waals surface area (Å²) in [5.41, 5.74) is -0.397. The lowest BCUT2D eigenvalue weighted by atomic mass is 10.1. The summed E-state index contributed by atoms with van der Waals surface area (Å²) in [5.74, 6) is 0.722. The van der Waals surface area contributed by atoms with E-state index in [-0.39, 0.29) is 0 Å². The lowest BCUT2D eigenvalue weighted by Crippen LogP contribution is -2.21. The highest BCUT2D eigenvalue weighted by molar-refractivity contribution is 7.09. The third-order valence-electron chi connectivity index (χ3n) is 1.69. The Labute approximate surface area is 76.1 Å². The molecule has 5 heteroatoms. The molecule has 1 aromatic heterocycles. The molecule has 12 heavy (non-hydrogen) atoms. The van der Waals surface area contributed by atoms with Crippen LogP contribution in [0.2, 0.25) is 0 Å². The predicted octanol–water partition coefficient (Wildman–Crippen LogP) is 1.46. The highest BCUT2D eigenvalue weighted by atomic mass is 32.1. The van der Waals surface area contributed by atoms with Crippen LogP contribution < -0.4 is 5.32 Å². The topological polar surface area (TPSA) is 47.0 Å². The summed E-state index contributed by atoms with van der Waals surface area (Å²) in [7, 11) is 3.48. The van der Waals surface area contributed by atoms with E-state index in [2.05, 4.69) is 14.7 Å². The van der Waals surface area contributed by atoms with Gasteiger partial charge in [-0.3, -0.25) is 0 Å². The van der Waals surface area contributed by atoms with Crippen molar-refractivity contribution < 1.29 is 4.74 Å². The maximum atomic E-state index is 5.24. The molecule has 0 radical (unpaired) electrons. The van der Waals surface area contributed by atoms with Crippen LogP contribution in [-0.2, 0) is 10.3 Å². The van der Waals surface area contributed by atoms with Crippen molar-refractivity contribution in [2.75, 3.05) is 19.5 Å². The average Bonchev–Trinajstić information content (AvgIpc) is 2.52. The van der Waals surface area contributed by atoms with E-state index in [1.807, 2.05) is 20.9 Å². The maximum Gasteiger partial charge on any atom is 0.202 e. The SMILES string of the molecule is CNc1nc(C(C)(C)OC)ns1. The van der Waals surface area contributed by atoms with Gasteiger partial charge in [-0.25, -0.2) is 4.98 Å². The average molecular weight is 187 g/mol. The lowest BCUT2D eigenvalue weighted by Gasteiger charge is -2.18. The fourth-order valence-corrected chi connectivity index (χ4v) is 1.31. The molecule has 0 fully saturated rings. The van der Waals surface area contributed by atoms with Crippen LogP contribution in [0.3, 0.4) is 0 Å². The Morgan fingerprint density at radius 2 is 2.17 bits per heavy atom. The molecule has 68 valence electrons. The molecule has 0 aromatic carbocycles. The van der Waals surface area contributed by atoms with Gasteiger partial charge in [-0.15, -0.1) is 0 Å². The van der Waals surface area contributed by atoms with Crippen molar-refractivity contribution in [1.29, 1.82) is 0 Å². The van der Waals surface area contributed by atoms with E-state index in [0.29, 0.717) is 0 Å². The van der Waals surface area contributed by atoms with E-state index >= 15 is 0 Å². The van der Waals surface area contributed by atoms with E-state index in [4.69, 9.17) is 4.74 Å². The van der Waals surface area contributed by atoms with Gasteiger partial charge in [0.05, 0.1) is 0 Å². The van der Waals surface area contributed by atoms with Gasteiger partial charge in [0.25, 0.3) is 0 Å². The number of rotatable bonds is 3. The number of hydrogen-bond donors (Lipinski definition) is 1. The summed E-state index contributed by atoms with van der Waals surface area (Å²) in [6.07, 6.45) is 0. The van der Waals surface area contributed by atoms with Crippen LogP contribution in [0, 0.1) is 0 Å². The molecular weight excluding hydrogens is 174 g/mol. The minimum absolute atomic E-state index is 0.397. The Bertz CT molecular complexity index is 259. The number of nitrogens with zero attached hydrogens (tertiary/aromatic N) is 2. The normalized spacial score (nSPS) is 11.7. The van der Waals surface area contributed by atoms with Gasteiger partial charge in [-0.2, -0.15) is 4.37 Å². The predicted molar refractivity (Wildman–Crippen MR) is 49.5 cm³/mol. The van der Waals surface area contributed by atoms with Crippen LogP contribution in [0.15, 0.2) is 0 Å². The standard InChI is InChI=1S/C7H13N3OS/c1-7(2,11-4)5-9-6(8-3)12-10-5/h1-4H3,(H,8,9,10). The Kier molecular flexibility index (Phi) is 2.64.